The summed E-state index contributed by atoms with van der Waals surface area (Å²) in [6, 6.07) is 12.7. The number of hydrogen-bond acceptors (Lipinski definition) is 5. The van der Waals surface area contributed by atoms with Crippen molar-refractivity contribution >= 4 is 35.2 Å². The van der Waals surface area contributed by atoms with E-state index in [0.717, 1.165) is 18.4 Å². The molecule has 3 rings (SSSR count). The van der Waals surface area contributed by atoms with Crippen molar-refractivity contribution in [2.75, 3.05) is 18.9 Å². The lowest BCUT2D eigenvalue weighted by atomic mass is 10.2. The smallest absolute Gasteiger partial charge is 0.272 e. The standard InChI is InChI=1S/C19H19N5O2.C4H11N3/c1-23-10-14(8-16(23)12-25)22-19(26)17-9-15(11-24(17)2)21-18(20)13-6-4-3-5-7-13;1-7-3-2-4(5)6/h3-12H,1-2H3,(H2,20,21)(H,22,26);7H,2-3H2,1H3,(H3,5,6). The van der Waals surface area contributed by atoms with Gasteiger partial charge >= 0.3 is 0 Å². The number of carbonyl (C=O) groups is 2. The summed E-state index contributed by atoms with van der Waals surface area (Å²) in [5.74, 6) is 0.325. The highest BCUT2D eigenvalue weighted by molar-refractivity contribution is 6.04. The van der Waals surface area contributed by atoms with Crippen LogP contribution in [0.5, 0.6) is 0 Å². The van der Waals surface area contributed by atoms with E-state index < -0.39 is 0 Å². The topological polar surface area (TPSA) is 156 Å². The molecule has 3 aromatic rings. The maximum atomic E-state index is 12.5. The molecule has 0 saturated carbocycles. The number of carbonyl (C=O) groups excluding carboxylic acids is 2. The SMILES string of the molecule is CNCCC(=N)N.Cn1cc(NC(=O)c2cc(N=C(N)c3ccccc3)cn2C)cc1C=O. The maximum absolute atomic E-state index is 12.5. The van der Waals surface area contributed by atoms with Crippen molar-refractivity contribution in [3.05, 3.63) is 71.8 Å². The van der Waals surface area contributed by atoms with Crippen molar-refractivity contribution < 1.29 is 9.59 Å². The molecular formula is C23H30N8O2. The number of aryl methyl sites for hydroxylation is 2. The average molecular weight is 451 g/mol. The number of amidine groups is 2. The van der Waals surface area contributed by atoms with Crippen molar-refractivity contribution in [3.63, 3.8) is 0 Å². The van der Waals surface area contributed by atoms with Crippen LogP contribution in [0.4, 0.5) is 11.4 Å². The Morgan fingerprint density at radius 3 is 2.36 bits per heavy atom. The molecule has 0 spiro atoms. The minimum atomic E-state index is -0.296. The van der Waals surface area contributed by atoms with Crippen LogP contribution >= 0.6 is 0 Å². The summed E-state index contributed by atoms with van der Waals surface area (Å²) in [5.41, 5.74) is 13.9. The average Bonchev–Trinajstić information content (AvgIpc) is 3.34. The Labute approximate surface area is 192 Å². The molecule has 1 aromatic carbocycles. The molecule has 0 saturated heterocycles. The molecule has 0 radical (unpaired) electrons. The predicted molar refractivity (Wildman–Crippen MR) is 131 cm³/mol. The van der Waals surface area contributed by atoms with Crippen LogP contribution in [0, 0.1) is 5.41 Å². The van der Waals surface area contributed by atoms with Crippen molar-refractivity contribution in [3.8, 4) is 0 Å². The zero-order valence-electron chi connectivity index (χ0n) is 19.0. The first-order chi connectivity index (χ1) is 15.7. The Balaban J connectivity index is 0.000000479. The molecule has 10 heteroatoms. The van der Waals surface area contributed by atoms with E-state index in [9.17, 15) is 9.59 Å². The summed E-state index contributed by atoms with van der Waals surface area (Å²) in [5, 5.41) is 12.4. The third-order valence-corrected chi connectivity index (χ3v) is 4.61. The van der Waals surface area contributed by atoms with E-state index in [1.807, 2.05) is 37.4 Å². The number of nitrogens with zero attached hydrogens (tertiary/aromatic N) is 3. The lowest BCUT2D eigenvalue weighted by Gasteiger charge is -2.03. The number of rotatable bonds is 8. The minimum absolute atomic E-state index is 0.245. The summed E-state index contributed by atoms with van der Waals surface area (Å²) in [7, 11) is 5.33. The van der Waals surface area contributed by atoms with Gasteiger partial charge in [-0.05, 0) is 19.2 Å². The van der Waals surface area contributed by atoms with Gasteiger partial charge < -0.3 is 31.2 Å². The van der Waals surface area contributed by atoms with Gasteiger partial charge in [-0.25, -0.2) is 4.99 Å². The second-order valence-electron chi connectivity index (χ2n) is 7.27. The van der Waals surface area contributed by atoms with Gasteiger partial charge in [0.1, 0.15) is 11.5 Å². The van der Waals surface area contributed by atoms with E-state index in [1.165, 1.54) is 0 Å². The second-order valence-corrected chi connectivity index (χ2v) is 7.27. The van der Waals surface area contributed by atoms with E-state index in [4.69, 9.17) is 16.9 Å². The van der Waals surface area contributed by atoms with Gasteiger partial charge in [-0.2, -0.15) is 0 Å². The van der Waals surface area contributed by atoms with Crippen molar-refractivity contribution in [1.29, 1.82) is 5.41 Å². The molecule has 33 heavy (non-hydrogen) atoms. The Hall–Kier alpha value is -4.18. The van der Waals surface area contributed by atoms with Gasteiger partial charge in [0.05, 0.1) is 22.9 Å². The molecule has 0 atom stereocenters. The number of amides is 1. The van der Waals surface area contributed by atoms with Crippen LogP contribution in [0.2, 0.25) is 0 Å². The van der Waals surface area contributed by atoms with Crippen LogP contribution in [0.3, 0.4) is 0 Å². The number of aromatic nitrogens is 2. The quantitative estimate of drug-likeness (QED) is 0.202. The molecule has 2 heterocycles. The molecule has 10 nitrogen and oxygen atoms in total. The van der Waals surface area contributed by atoms with Crippen molar-refractivity contribution in [2.45, 2.75) is 6.42 Å². The van der Waals surface area contributed by atoms with Gasteiger partial charge in [-0.15, -0.1) is 0 Å². The lowest BCUT2D eigenvalue weighted by molar-refractivity contribution is 0.101. The van der Waals surface area contributed by atoms with Gasteiger partial charge in [-0.1, -0.05) is 30.3 Å². The van der Waals surface area contributed by atoms with Crippen LogP contribution < -0.4 is 22.1 Å². The summed E-state index contributed by atoms with van der Waals surface area (Å²) >= 11 is 0. The number of aliphatic imine (C=N–C) groups is 1. The molecule has 0 aliphatic heterocycles. The molecule has 2 aromatic heterocycles. The lowest BCUT2D eigenvalue weighted by Crippen LogP contribution is -2.17. The number of benzene rings is 1. The van der Waals surface area contributed by atoms with Crippen LogP contribution in [-0.2, 0) is 14.1 Å². The number of aldehydes is 1. The summed E-state index contributed by atoms with van der Waals surface area (Å²) in [4.78, 5) is 27.8. The zero-order chi connectivity index (χ0) is 24.4. The van der Waals surface area contributed by atoms with Crippen LogP contribution in [0.1, 0.15) is 33.0 Å². The monoisotopic (exact) mass is 450 g/mol. The van der Waals surface area contributed by atoms with Gasteiger partial charge in [0.25, 0.3) is 5.91 Å². The van der Waals surface area contributed by atoms with E-state index in [2.05, 4.69) is 15.6 Å². The van der Waals surface area contributed by atoms with E-state index in [-0.39, 0.29) is 11.7 Å². The second kappa shape index (κ2) is 12.0. The minimum Gasteiger partial charge on any atom is -0.388 e. The zero-order valence-corrected chi connectivity index (χ0v) is 19.0. The van der Waals surface area contributed by atoms with Crippen LogP contribution in [0.15, 0.2) is 59.9 Å². The van der Waals surface area contributed by atoms with Crippen LogP contribution in [-0.4, -0.2) is 46.6 Å². The van der Waals surface area contributed by atoms with Crippen LogP contribution in [0.25, 0.3) is 0 Å². The number of nitrogens with two attached hydrogens (primary N) is 2. The first-order valence-corrected chi connectivity index (χ1v) is 10.2. The third-order valence-electron chi connectivity index (χ3n) is 4.61. The van der Waals surface area contributed by atoms with Gasteiger partial charge in [0.2, 0.25) is 0 Å². The fourth-order valence-electron chi connectivity index (χ4n) is 2.87. The summed E-state index contributed by atoms with van der Waals surface area (Å²) in [6.45, 7) is 0.801. The first kappa shape index (κ1) is 25.1. The number of anilines is 1. The summed E-state index contributed by atoms with van der Waals surface area (Å²) < 4.78 is 3.32. The summed E-state index contributed by atoms with van der Waals surface area (Å²) in [6.07, 6.45) is 4.79. The highest BCUT2D eigenvalue weighted by atomic mass is 16.2. The molecule has 1 amide bonds. The number of hydrogen-bond donors (Lipinski definition) is 5. The molecule has 7 N–H and O–H groups in total. The molecule has 0 fully saturated rings. The normalized spacial score (nSPS) is 10.8. The molecule has 0 bridgehead atoms. The Morgan fingerprint density at radius 1 is 1.12 bits per heavy atom. The molecule has 0 aliphatic carbocycles. The largest absolute Gasteiger partial charge is 0.388 e. The fraction of sp³-hybridized carbons (Fsp3) is 0.217. The van der Waals surface area contributed by atoms with Crippen molar-refractivity contribution in [1.82, 2.24) is 14.5 Å². The molecule has 174 valence electrons. The highest BCUT2D eigenvalue weighted by Gasteiger charge is 2.14. The first-order valence-electron chi connectivity index (χ1n) is 10.2. The Bertz CT molecular complexity index is 1130. The maximum Gasteiger partial charge on any atom is 0.272 e. The van der Waals surface area contributed by atoms with Gasteiger partial charge in [0, 0.05) is 45.0 Å². The molecule has 0 unspecified atom stereocenters. The van der Waals surface area contributed by atoms with Gasteiger partial charge in [-0.3, -0.25) is 15.0 Å². The van der Waals surface area contributed by atoms with E-state index in [1.54, 1.807) is 47.8 Å². The number of nitrogens with one attached hydrogen (secondary N) is 3. The van der Waals surface area contributed by atoms with Gasteiger partial charge in [0.15, 0.2) is 6.29 Å². The fourth-order valence-corrected chi connectivity index (χ4v) is 2.87. The van der Waals surface area contributed by atoms with E-state index in [0.29, 0.717) is 35.0 Å². The Kier molecular flexibility index (Phi) is 9.13. The molecular weight excluding hydrogens is 420 g/mol. The third kappa shape index (κ3) is 7.47. The van der Waals surface area contributed by atoms with E-state index >= 15 is 0 Å². The van der Waals surface area contributed by atoms with Crippen molar-refractivity contribution in [2.24, 2.45) is 30.6 Å². The highest BCUT2D eigenvalue weighted by Crippen LogP contribution is 2.19. The predicted octanol–water partition coefficient (Wildman–Crippen LogP) is 2.00. The Morgan fingerprint density at radius 2 is 1.82 bits per heavy atom. The molecule has 0 aliphatic rings.